The fraction of sp³-hybridized carbons (Fsp3) is 0.208. The Morgan fingerprint density at radius 3 is 2.86 bits per heavy atom. The van der Waals surface area contributed by atoms with Crippen LogP contribution >= 0.6 is 11.3 Å². The minimum Gasteiger partial charge on any atom is -0.395 e. The average molecular weight is 491 g/mol. The number of fused-ring (bicyclic) bond motifs is 2. The maximum absolute atomic E-state index is 13.7. The Labute approximate surface area is 201 Å². The highest BCUT2D eigenvalue weighted by Gasteiger charge is 2.44. The van der Waals surface area contributed by atoms with Gasteiger partial charge in [-0.2, -0.15) is 4.98 Å². The minimum absolute atomic E-state index is 0.114. The molecule has 8 nitrogen and oxygen atoms in total. The molecule has 0 spiro atoms. The number of hydrogen-bond donors (Lipinski definition) is 1. The number of halogens is 2. The van der Waals surface area contributed by atoms with Crippen LogP contribution in [0.25, 0.3) is 21.6 Å². The zero-order valence-electron chi connectivity index (χ0n) is 18.1. The van der Waals surface area contributed by atoms with Gasteiger partial charge in [0.05, 0.1) is 11.8 Å². The Hall–Kier alpha value is -4.17. The highest BCUT2D eigenvalue weighted by atomic mass is 32.1. The van der Waals surface area contributed by atoms with Crippen LogP contribution in [0, 0.1) is 24.7 Å². The van der Waals surface area contributed by atoms with Gasteiger partial charge in [0, 0.05) is 28.9 Å². The second-order valence-electron chi connectivity index (χ2n) is 8.07. The van der Waals surface area contributed by atoms with Gasteiger partial charge in [0.15, 0.2) is 27.1 Å². The van der Waals surface area contributed by atoms with Crippen LogP contribution < -0.4 is 14.8 Å². The van der Waals surface area contributed by atoms with Crippen LogP contribution in [-0.4, -0.2) is 32.1 Å². The molecule has 1 fully saturated rings. The zero-order chi connectivity index (χ0) is 24.2. The number of alkyl halides is 2. The second kappa shape index (κ2) is 7.95. The Morgan fingerprint density at radius 2 is 2.03 bits per heavy atom. The first-order chi connectivity index (χ1) is 16.8. The molecule has 11 heteroatoms. The number of aromatic nitrogens is 4. The highest BCUT2D eigenvalue weighted by Crippen LogP contribution is 2.47. The fourth-order valence-corrected chi connectivity index (χ4v) is 4.34. The normalized spacial score (nSPS) is 15.5. The van der Waals surface area contributed by atoms with E-state index in [4.69, 9.17) is 4.74 Å². The second-order valence-corrected chi connectivity index (χ2v) is 9.05. The van der Waals surface area contributed by atoms with Crippen molar-refractivity contribution < 1.29 is 23.0 Å². The number of pyridine rings is 1. The van der Waals surface area contributed by atoms with E-state index in [1.165, 1.54) is 12.3 Å². The van der Waals surface area contributed by atoms with Gasteiger partial charge < -0.3 is 9.47 Å². The summed E-state index contributed by atoms with van der Waals surface area (Å²) in [5.74, 6) is 5.81. The summed E-state index contributed by atoms with van der Waals surface area (Å²) in [5, 5.41) is 3.02. The molecule has 1 aromatic carbocycles. The Bertz CT molecular complexity index is 1570. The van der Waals surface area contributed by atoms with Crippen molar-refractivity contribution in [3.8, 4) is 34.5 Å². The van der Waals surface area contributed by atoms with Crippen LogP contribution in [0.2, 0.25) is 0 Å². The van der Waals surface area contributed by atoms with Crippen molar-refractivity contribution in [2.45, 2.75) is 26.1 Å². The van der Waals surface area contributed by atoms with Gasteiger partial charge in [-0.05, 0) is 37.8 Å². The predicted octanol–water partition coefficient (Wildman–Crippen LogP) is 4.79. The lowest BCUT2D eigenvalue weighted by Gasteiger charge is -2.12. The number of thiazole rings is 1. The molecule has 0 unspecified atom stereocenters. The first-order valence-corrected chi connectivity index (χ1v) is 11.5. The summed E-state index contributed by atoms with van der Waals surface area (Å²) in [7, 11) is 0. The lowest BCUT2D eigenvalue weighted by Crippen LogP contribution is -2.26. The topological polar surface area (TPSA) is 99.1 Å². The Balaban J connectivity index is 1.32. The van der Waals surface area contributed by atoms with Crippen LogP contribution in [0.15, 0.2) is 36.7 Å². The van der Waals surface area contributed by atoms with Crippen molar-refractivity contribution >= 4 is 32.9 Å². The lowest BCUT2D eigenvalue weighted by molar-refractivity contribution is -0.286. The molecule has 174 valence electrons. The molecule has 35 heavy (non-hydrogen) atoms. The van der Waals surface area contributed by atoms with Crippen molar-refractivity contribution in [2.75, 3.05) is 5.32 Å². The number of ether oxygens (including phenoxy) is 2. The summed E-state index contributed by atoms with van der Waals surface area (Å²) in [6, 6.07) is 6.12. The van der Waals surface area contributed by atoms with Crippen molar-refractivity contribution in [2.24, 2.45) is 5.92 Å². The van der Waals surface area contributed by atoms with E-state index in [0.717, 1.165) is 24.2 Å². The van der Waals surface area contributed by atoms with Crippen LogP contribution in [0.4, 0.5) is 13.9 Å². The Kier molecular flexibility index (Phi) is 4.86. The number of hydrogen-bond acceptors (Lipinski definition) is 8. The minimum atomic E-state index is -3.79. The van der Waals surface area contributed by atoms with Gasteiger partial charge in [0.2, 0.25) is 0 Å². The quantitative estimate of drug-likeness (QED) is 0.411. The maximum Gasteiger partial charge on any atom is 0.586 e. The molecule has 0 bridgehead atoms. The first kappa shape index (κ1) is 21.4. The molecular weight excluding hydrogens is 476 g/mol. The van der Waals surface area contributed by atoms with Gasteiger partial charge in [-0.3, -0.25) is 15.1 Å². The molecule has 4 aromatic rings. The van der Waals surface area contributed by atoms with E-state index in [-0.39, 0.29) is 27.8 Å². The number of carbonyl (C=O) groups is 1. The SMILES string of the molecule is Cc1cc(-c2cccc3c2OC(F)(F)O3)c(C(=O)Nc2nc3ncc(C#CC4CC4)nc3s2)cn1. The number of benzene rings is 1. The smallest absolute Gasteiger partial charge is 0.395 e. The molecule has 1 N–H and O–H groups in total. The molecule has 2 aliphatic rings. The van der Waals surface area contributed by atoms with Crippen molar-refractivity contribution in [3.05, 3.63) is 53.6 Å². The van der Waals surface area contributed by atoms with Gasteiger partial charge in [-0.15, -0.1) is 8.78 Å². The average Bonchev–Trinajstić information content (AvgIpc) is 3.47. The highest BCUT2D eigenvalue weighted by molar-refractivity contribution is 7.21. The molecule has 1 aliphatic heterocycles. The van der Waals surface area contributed by atoms with Crippen LogP contribution in [-0.2, 0) is 0 Å². The molecule has 1 amide bonds. The van der Waals surface area contributed by atoms with E-state index in [1.54, 1.807) is 31.3 Å². The third-order valence-electron chi connectivity index (χ3n) is 5.33. The number of nitrogens with zero attached hydrogens (tertiary/aromatic N) is 4. The number of rotatable bonds is 3. The first-order valence-electron chi connectivity index (χ1n) is 10.7. The summed E-state index contributed by atoms with van der Waals surface area (Å²) < 4.78 is 36.7. The number of aryl methyl sites for hydroxylation is 1. The number of carbonyl (C=O) groups excluding carboxylic acids is 1. The van der Waals surface area contributed by atoms with Gasteiger partial charge in [0.25, 0.3) is 5.91 Å². The summed E-state index contributed by atoms with van der Waals surface area (Å²) in [6.07, 6.45) is 1.37. The third-order valence-corrected chi connectivity index (χ3v) is 6.18. The van der Waals surface area contributed by atoms with Gasteiger partial charge in [0.1, 0.15) is 5.69 Å². The summed E-state index contributed by atoms with van der Waals surface area (Å²) >= 11 is 1.16. The van der Waals surface area contributed by atoms with Gasteiger partial charge in [-0.25, -0.2) is 9.97 Å². The fourth-order valence-electron chi connectivity index (χ4n) is 3.55. The van der Waals surface area contributed by atoms with E-state index in [0.29, 0.717) is 33.3 Å². The summed E-state index contributed by atoms with van der Waals surface area (Å²) in [5.41, 5.74) is 2.32. The third kappa shape index (κ3) is 4.24. The molecule has 4 heterocycles. The molecular formula is C24H15F2N5O3S. The van der Waals surface area contributed by atoms with Gasteiger partial charge >= 0.3 is 6.29 Å². The number of amides is 1. The van der Waals surface area contributed by atoms with Crippen molar-refractivity contribution in [1.82, 2.24) is 19.9 Å². The molecule has 0 saturated heterocycles. The largest absolute Gasteiger partial charge is 0.586 e. The summed E-state index contributed by atoms with van der Waals surface area (Å²) in [4.78, 5) is 31.0. The molecule has 6 rings (SSSR count). The number of anilines is 1. The van der Waals surface area contributed by atoms with E-state index >= 15 is 0 Å². The standard InChI is InChI=1S/C24H15F2N5O3S/c1-12-9-16(15-3-2-4-18-19(15)34-24(25,26)33-18)17(11-27-12)21(32)31-23-30-20-22(35-23)29-14(10-28-20)8-7-13-5-6-13/h2-4,9-11,13H,5-6H2,1H3,(H,28,30,31,32). The van der Waals surface area contributed by atoms with Gasteiger partial charge in [-0.1, -0.05) is 29.4 Å². The molecule has 1 saturated carbocycles. The van der Waals surface area contributed by atoms with Crippen LogP contribution in [0.3, 0.4) is 0 Å². The summed E-state index contributed by atoms with van der Waals surface area (Å²) in [6.45, 7) is 1.73. The molecule has 0 atom stereocenters. The predicted molar refractivity (Wildman–Crippen MR) is 123 cm³/mol. The Morgan fingerprint density at radius 1 is 1.17 bits per heavy atom. The molecule has 0 radical (unpaired) electrons. The molecule has 3 aromatic heterocycles. The lowest BCUT2D eigenvalue weighted by atomic mass is 9.99. The number of para-hydroxylation sites is 1. The van der Waals surface area contributed by atoms with E-state index in [1.807, 2.05) is 0 Å². The van der Waals surface area contributed by atoms with Crippen LogP contribution in [0.5, 0.6) is 11.5 Å². The van der Waals surface area contributed by atoms with E-state index in [9.17, 15) is 13.6 Å². The monoisotopic (exact) mass is 491 g/mol. The van der Waals surface area contributed by atoms with E-state index < -0.39 is 12.2 Å². The zero-order valence-corrected chi connectivity index (χ0v) is 18.9. The van der Waals surface area contributed by atoms with E-state index in [2.05, 4.69) is 41.8 Å². The molecule has 1 aliphatic carbocycles. The maximum atomic E-state index is 13.7. The number of nitrogens with one attached hydrogen (secondary N) is 1. The van der Waals surface area contributed by atoms with Crippen molar-refractivity contribution in [1.29, 1.82) is 0 Å². The van der Waals surface area contributed by atoms with Crippen molar-refractivity contribution in [3.63, 3.8) is 0 Å². The van der Waals surface area contributed by atoms with Crippen LogP contribution in [0.1, 0.15) is 34.6 Å².